The third kappa shape index (κ3) is 5.63. The van der Waals surface area contributed by atoms with Gasteiger partial charge in [0.15, 0.2) is 5.78 Å². The van der Waals surface area contributed by atoms with E-state index >= 15 is 4.39 Å². The maximum absolute atomic E-state index is 15.3. The first-order valence-corrected chi connectivity index (χ1v) is 12.4. The number of rotatable bonds is 13. The highest BCUT2D eigenvalue weighted by Crippen LogP contribution is 2.55. The molecule has 1 unspecified atom stereocenters. The van der Waals surface area contributed by atoms with E-state index in [1.165, 1.54) is 13.8 Å². The van der Waals surface area contributed by atoms with Crippen molar-refractivity contribution in [1.82, 2.24) is 4.90 Å². The van der Waals surface area contributed by atoms with Gasteiger partial charge in [0.05, 0.1) is 32.4 Å². The Bertz CT molecular complexity index is 849. The van der Waals surface area contributed by atoms with Gasteiger partial charge in [0.25, 0.3) is 11.8 Å². The number of carbonyl (C=O) groups excluding carboxylic acids is 3. The summed E-state index contributed by atoms with van der Waals surface area (Å²) in [4.78, 5) is 39.6. The van der Waals surface area contributed by atoms with Crippen LogP contribution < -0.4 is 0 Å². The third-order valence-corrected chi connectivity index (χ3v) is 7.41. The molecule has 1 fully saturated rings. The second-order valence-electron chi connectivity index (χ2n) is 7.49. The van der Waals surface area contributed by atoms with E-state index in [9.17, 15) is 18.9 Å². The van der Waals surface area contributed by atoms with Crippen molar-refractivity contribution in [3.63, 3.8) is 0 Å². The van der Waals surface area contributed by atoms with Gasteiger partial charge in [0, 0.05) is 0 Å². The molecule has 0 radical (unpaired) electrons. The molecule has 178 valence electrons. The number of amides is 1. The van der Waals surface area contributed by atoms with Crippen molar-refractivity contribution in [2.24, 2.45) is 5.41 Å². The topological polar surface area (TPSA) is 99.2 Å². The molecule has 1 saturated carbocycles. The number of Topliss-reactive ketones (excluding diaryl/α,β-unsaturated/α-hetero) is 1. The number of hydrogen-bond donors (Lipinski definition) is 0. The Morgan fingerprint density at radius 3 is 2.09 bits per heavy atom. The van der Waals surface area contributed by atoms with E-state index < -0.39 is 49.2 Å². The molecule has 1 amide bonds. The van der Waals surface area contributed by atoms with Crippen molar-refractivity contribution in [3.8, 4) is 0 Å². The summed E-state index contributed by atoms with van der Waals surface area (Å²) in [7, 11) is -4.41. The molecule has 8 nitrogen and oxygen atoms in total. The molecule has 1 aromatic carbocycles. The fraction of sp³-hybridized carbons (Fsp3) is 0.591. The number of halogens is 1. The first-order valence-electron chi connectivity index (χ1n) is 10.8. The van der Waals surface area contributed by atoms with E-state index in [2.05, 4.69) is 0 Å². The average Bonchev–Trinajstić information content (AvgIpc) is 3.59. The molecule has 0 heterocycles. The predicted octanol–water partition coefficient (Wildman–Crippen LogP) is 4.05. The van der Waals surface area contributed by atoms with Gasteiger partial charge in [-0.3, -0.25) is 18.9 Å². The largest absolute Gasteiger partial charge is 0.465 e. The molecule has 0 N–H and O–H groups in total. The lowest BCUT2D eigenvalue weighted by atomic mass is 9.99. The zero-order valence-electron chi connectivity index (χ0n) is 18.9. The first-order chi connectivity index (χ1) is 15.2. The van der Waals surface area contributed by atoms with Crippen LogP contribution in [0.3, 0.4) is 0 Å². The van der Waals surface area contributed by atoms with E-state index in [0.717, 1.165) is 4.90 Å². The minimum atomic E-state index is -4.41. The lowest BCUT2D eigenvalue weighted by molar-refractivity contribution is -0.155. The van der Waals surface area contributed by atoms with Crippen LogP contribution in [0.5, 0.6) is 0 Å². The quantitative estimate of drug-likeness (QED) is 0.243. The zero-order valence-corrected chi connectivity index (χ0v) is 19.8. The summed E-state index contributed by atoms with van der Waals surface area (Å²) in [6, 6.07) is 7.99. The smallest absolute Gasteiger partial charge is 0.374 e. The summed E-state index contributed by atoms with van der Waals surface area (Å²) in [5.41, 5.74) is -0.676. The molecule has 2 rings (SSSR count). The Balaban J connectivity index is 2.36. The van der Waals surface area contributed by atoms with Gasteiger partial charge in [-0.05, 0) is 46.1 Å². The van der Waals surface area contributed by atoms with E-state index in [0.29, 0.717) is 18.4 Å². The average molecular weight is 471 g/mol. The van der Waals surface area contributed by atoms with Crippen molar-refractivity contribution >= 4 is 25.3 Å². The van der Waals surface area contributed by atoms with Gasteiger partial charge < -0.3 is 18.7 Å². The standard InChI is InChI=1S/C22H31FNO7P/c1-5-29-21(27)22(13-14-22)18(25)15-24(16(4)17-11-9-8-10-12-17)20(26)19(23)32(28,30-6-2)31-7-3/h8-12,16,19H,5-7,13-15H2,1-4H3/t16-,19?/m0/s1. The molecule has 0 aliphatic heterocycles. The Labute approximate surface area is 187 Å². The maximum Gasteiger partial charge on any atom is 0.374 e. The van der Waals surface area contributed by atoms with E-state index in [1.807, 2.05) is 0 Å². The van der Waals surface area contributed by atoms with Crippen LogP contribution in [0.4, 0.5) is 4.39 Å². The minimum Gasteiger partial charge on any atom is -0.465 e. The van der Waals surface area contributed by atoms with E-state index in [1.54, 1.807) is 44.2 Å². The summed E-state index contributed by atoms with van der Waals surface area (Å²) in [6.07, 6.45) is 0.615. The molecule has 10 heteroatoms. The summed E-state index contributed by atoms with van der Waals surface area (Å²) in [5, 5.41) is 0. The fourth-order valence-corrected chi connectivity index (χ4v) is 4.89. The number of carbonyl (C=O) groups is 3. The zero-order chi connectivity index (χ0) is 23.9. The summed E-state index contributed by atoms with van der Waals surface area (Å²) in [5.74, 6) is -4.99. The molecule has 32 heavy (non-hydrogen) atoms. The Kier molecular flexibility index (Phi) is 9.13. The summed E-state index contributed by atoms with van der Waals surface area (Å²) in [6.45, 7) is 5.62. The number of alkyl halides is 1. The van der Waals surface area contributed by atoms with Gasteiger partial charge in [-0.1, -0.05) is 30.3 Å². The Morgan fingerprint density at radius 2 is 1.62 bits per heavy atom. The monoisotopic (exact) mass is 471 g/mol. The van der Waals surface area contributed by atoms with Crippen molar-refractivity contribution in [1.29, 1.82) is 0 Å². The normalized spacial score (nSPS) is 16.7. The summed E-state index contributed by atoms with van der Waals surface area (Å²) >= 11 is 0. The lowest BCUT2D eigenvalue weighted by Gasteiger charge is -2.32. The second-order valence-corrected chi connectivity index (χ2v) is 9.54. The number of hydrogen-bond acceptors (Lipinski definition) is 7. The van der Waals surface area contributed by atoms with Crippen molar-refractivity contribution in [2.75, 3.05) is 26.4 Å². The third-order valence-electron chi connectivity index (χ3n) is 5.40. The molecule has 1 aliphatic rings. The predicted molar refractivity (Wildman–Crippen MR) is 116 cm³/mol. The van der Waals surface area contributed by atoms with Gasteiger partial charge >= 0.3 is 13.6 Å². The molecule has 0 bridgehead atoms. The molecule has 2 atom stereocenters. The SMILES string of the molecule is CCOC(=O)C1(C(=O)CN(C(=O)C(F)P(=O)(OCC)OCC)[C@@H](C)c2ccccc2)CC1. The molecular formula is C22H31FNO7P. The number of esters is 1. The van der Waals surface area contributed by atoms with E-state index in [4.69, 9.17) is 13.8 Å². The van der Waals surface area contributed by atoms with Gasteiger partial charge in [0.1, 0.15) is 5.41 Å². The fourth-order valence-electron chi connectivity index (χ4n) is 3.41. The molecule has 1 aliphatic carbocycles. The van der Waals surface area contributed by atoms with Crippen molar-refractivity contribution in [3.05, 3.63) is 35.9 Å². The van der Waals surface area contributed by atoms with Gasteiger partial charge in [-0.2, -0.15) is 0 Å². The van der Waals surface area contributed by atoms with Crippen LogP contribution >= 0.6 is 7.60 Å². The summed E-state index contributed by atoms with van der Waals surface area (Å²) < 4.78 is 43.2. The van der Waals surface area contributed by atoms with Crippen molar-refractivity contribution in [2.45, 2.75) is 52.5 Å². The molecule has 0 spiro atoms. The van der Waals surface area contributed by atoms with Crippen molar-refractivity contribution < 1.29 is 37.1 Å². The number of benzene rings is 1. The van der Waals surface area contributed by atoms with Gasteiger partial charge in [-0.25, -0.2) is 4.39 Å². The minimum absolute atomic E-state index is 0.120. The highest BCUT2D eigenvalue weighted by molar-refractivity contribution is 7.55. The maximum atomic E-state index is 15.3. The van der Waals surface area contributed by atoms with Crippen LogP contribution in [0, 0.1) is 5.41 Å². The Morgan fingerprint density at radius 1 is 1.06 bits per heavy atom. The molecule has 1 aromatic rings. The van der Waals surface area contributed by atoms with Crippen LogP contribution in [-0.4, -0.2) is 54.8 Å². The van der Waals surface area contributed by atoms with Crippen LogP contribution in [0.1, 0.15) is 52.1 Å². The highest BCUT2D eigenvalue weighted by Gasteiger charge is 2.58. The van der Waals surface area contributed by atoms with E-state index in [-0.39, 0.29) is 19.8 Å². The van der Waals surface area contributed by atoms with Crippen LogP contribution in [0.25, 0.3) is 0 Å². The molecule has 0 saturated heterocycles. The number of ketones is 1. The molecular weight excluding hydrogens is 440 g/mol. The Hall–Kier alpha value is -2.09. The number of ether oxygens (including phenoxy) is 1. The second kappa shape index (κ2) is 11.2. The van der Waals surface area contributed by atoms with Gasteiger partial charge in [0.2, 0.25) is 0 Å². The highest BCUT2D eigenvalue weighted by atomic mass is 31.2. The van der Waals surface area contributed by atoms with Crippen LogP contribution in [0.2, 0.25) is 0 Å². The number of nitrogens with zero attached hydrogens (tertiary/aromatic N) is 1. The molecule has 0 aromatic heterocycles. The van der Waals surface area contributed by atoms with Crippen LogP contribution in [-0.2, 0) is 32.7 Å². The van der Waals surface area contributed by atoms with Crippen LogP contribution in [0.15, 0.2) is 30.3 Å². The van der Waals surface area contributed by atoms with Gasteiger partial charge in [-0.15, -0.1) is 0 Å². The first kappa shape index (κ1) is 26.2. The lowest BCUT2D eigenvalue weighted by Crippen LogP contribution is -2.45.